The molecule has 0 saturated heterocycles. The van der Waals surface area contributed by atoms with Crippen molar-refractivity contribution in [2.24, 2.45) is 0 Å². The summed E-state index contributed by atoms with van der Waals surface area (Å²) in [5.74, 6) is 0.623. The van der Waals surface area contributed by atoms with E-state index in [2.05, 4.69) is 21.2 Å². The summed E-state index contributed by atoms with van der Waals surface area (Å²) in [4.78, 5) is 12.2. The van der Waals surface area contributed by atoms with Crippen LogP contribution in [0.3, 0.4) is 0 Å². The number of halogens is 2. The fraction of sp³-hybridized carbons (Fsp3) is 0.350. The summed E-state index contributed by atoms with van der Waals surface area (Å²) in [5, 5.41) is 14.1. The Kier molecular flexibility index (Phi) is 7.14. The Labute approximate surface area is 172 Å². The number of hydrogen-bond acceptors (Lipinski definition) is 4. The van der Waals surface area contributed by atoms with E-state index >= 15 is 0 Å². The molecule has 0 spiro atoms. The van der Waals surface area contributed by atoms with E-state index < -0.39 is 17.8 Å². The monoisotopic (exact) mass is 455 g/mol. The molecule has 0 saturated carbocycles. The molecule has 2 aromatic rings. The number of carbonyl (C=O) groups excluding carboxylic acids is 1. The summed E-state index contributed by atoms with van der Waals surface area (Å²) in [6.45, 7) is 7.72. The lowest BCUT2D eigenvalue weighted by molar-refractivity contribution is 0.0635. The zero-order valence-corrected chi connectivity index (χ0v) is 18.0. The summed E-state index contributed by atoms with van der Waals surface area (Å²) in [6.07, 6.45) is -1.65. The minimum Gasteiger partial charge on any atom is -0.493 e. The van der Waals surface area contributed by atoms with Gasteiger partial charge in [-0.3, -0.25) is 5.32 Å². The van der Waals surface area contributed by atoms with Gasteiger partial charge in [-0.1, -0.05) is 23.7 Å². The van der Waals surface area contributed by atoms with E-state index in [4.69, 9.17) is 21.1 Å². The maximum atomic E-state index is 12.2. The first-order valence-corrected chi connectivity index (χ1v) is 9.68. The van der Waals surface area contributed by atoms with Crippen molar-refractivity contribution in [1.29, 1.82) is 0 Å². The number of aliphatic hydroxyl groups is 1. The normalized spacial score (nSPS) is 12.4. The molecule has 2 N–H and O–H groups in total. The van der Waals surface area contributed by atoms with Crippen molar-refractivity contribution >= 4 is 39.3 Å². The van der Waals surface area contributed by atoms with Gasteiger partial charge >= 0.3 is 6.09 Å². The number of rotatable bonds is 5. The molecule has 0 radical (unpaired) electrons. The van der Waals surface area contributed by atoms with Crippen molar-refractivity contribution in [2.75, 3.05) is 11.9 Å². The summed E-state index contributed by atoms with van der Waals surface area (Å²) in [5.41, 5.74) is 0.817. The third-order valence-electron chi connectivity index (χ3n) is 3.53. The second-order valence-corrected chi connectivity index (χ2v) is 8.08. The Morgan fingerprint density at radius 1 is 1.26 bits per heavy atom. The number of benzene rings is 2. The largest absolute Gasteiger partial charge is 0.493 e. The van der Waals surface area contributed by atoms with Gasteiger partial charge < -0.3 is 14.6 Å². The average Bonchev–Trinajstić information content (AvgIpc) is 2.56. The lowest BCUT2D eigenvalue weighted by atomic mass is 9.99. The molecule has 5 nitrogen and oxygen atoms in total. The summed E-state index contributed by atoms with van der Waals surface area (Å²) in [7, 11) is 0. The molecule has 2 rings (SSSR count). The molecule has 146 valence electrons. The highest BCUT2D eigenvalue weighted by molar-refractivity contribution is 9.10. The Balaban J connectivity index is 2.39. The molecule has 7 heteroatoms. The van der Waals surface area contributed by atoms with Gasteiger partial charge in [-0.2, -0.15) is 0 Å². The van der Waals surface area contributed by atoms with E-state index in [9.17, 15) is 9.90 Å². The first-order chi connectivity index (χ1) is 12.6. The van der Waals surface area contributed by atoms with Crippen molar-refractivity contribution in [3.05, 3.63) is 57.0 Å². The number of carbonyl (C=O) groups is 1. The van der Waals surface area contributed by atoms with Crippen molar-refractivity contribution in [3.8, 4) is 5.75 Å². The molecule has 27 heavy (non-hydrogen) atoms. The smallest absolute Gasteiger partial charge is 0.412 e. The van der Waals surface area contributed by atoms with Crippen LogP contribution in [0.1, 0.15) is 44.9 Å². The molecule has 0 aliphatic heterocycles. The molecule has 0 bridgehead atoms. The minimum absolute atomic E-state index is 0.412. The lowest BCUT2D eigenvalue weighted by Gasteiger charge is -2.22. The quantitative estimate of drug-likeness (QED) is 0.585. The molecule has 2 aromatic carbocycles. The first kappa shape index (κ1) is 21.5. The van der Waals surface area contributed by atoms with E-state index in [1.165, 1.54) is 0 Å². The van der Waals surface area contributed by atoms with Crippen LogP contribution in [0.4, 0.5) is 10.5 Å². The SMILES string of the molecule is CCOc1cccc(C(O)c2cc(Cl)ccc2NC(=O)OC(C)(C)C)c1Br. The van der Waals surface area contributed by atoms with Gasteiger partial charge in [-0.05, 0) is 67.9 Å². The zero-order chi connectivity index (χ0) is 20.2. The number of amides is 1. The van der Waals surface area contributed by atoms with Gasteiger partial charge in [-0.15, -0.1) is 0 Å². The van der Waals surface area contributed by atoms with Crippen molar-refractivity contribution < 1.29 is 19.4 Å². The predicted octanol–water partition coefficient (Wildman–Crippen LogP) is 5.93. The number of anilines is 1. The molecule has 0 aliphatic rings. The van der Waals surface area contributed by atoms with Crippen molar-refractivity contribution in [3.63, 3.8) is 0 Å². The highest BCUT2D eigenvalue weighted by Gasteiger charge is 2.22. The van der Waals surface area contributed by atoms with Gasteiger partial charge in [0.1, 0.15) is 17.5 Å². The van der Waals surface area contributed by atoms with Crippen LogP contribution in [0.2, 0.25) is 5.02 Å². The van der Waals surface area contributed by atoms with Crippen LogP contribution < -0.4 is 10.1 Å². The molecule has 1 amide bonds. The topological polar surface area (TPSA) is 67.8 Å². The Morgan fingerprint density at radius 2 is 1.96 bits per heavy atom. The van der Waals surface area contributed by atoms with Gasteiger partial charge in [0.15, 0.2) is 0 Å². The maximum Gasteiger partial charge on any atom is 0.412 e. The fourth-order valence-electron chi connectivity index (χ4n) is 2.46. The highest BCUT2D eigenvalue weighted by atomic mass is 79.9. The van der Waals surface area contributed by atoms with Crippen LogP contribution in [0.15, 0.2) is 40.9 Å². The molecule has 0 aliphatic carbocycles. The molecular weight excluding hydrogens is 434 g/mol. The summed E-state index contributed by atoms with van der Waals surface area (Å²) < 4.78 is 11.5. The van der Waals surface area contributed by atoms with E-state index in [1.807, 2.05) is 13.0 Å². The van der Waals surface area contributed by atoms with E-state index in [1.54, 1.807) is 51.1 Å². The summed E-state index contributed by atoms with van der Waals surface area (Å²) in [6, 6.07) is 10.2. The molecule has 0 aromatic heterocycles. The van der Waals surface area contributed by atoms with Crippen LogP contribution in [0.5, 0.6) is 5.75 Å². The first-order valence-electron chi connectivity index (χ1n) is 8.51. The van der Waals surface area contributed by atoms with E-state index in [0.717, 1.165) is 0 Å². The fourth-order valence-corrected chi connectivity index (χ4v) is 3.24. The van der Waals surface area contributed by atoms with E-state index in [-0.39, 0.29) is 0 Å². The van der Waals surface area contributed by atoms with Crippen molar-refractivity contribution in [2.45, 2.75) is 39.4 Å². The van der Waals surface area contributed by atoms with Crippen LogP contribution in [-0.4, -0.2) is 23.4 Å². The third kappa shape index (κ3) is 5.86. The van der Waals surface area contributed by atoms with E-state index in [0.29, 0.717) is 38.7 Å². The standard InChI is InChI=1S/C20H23BrClNO4/c1-5-26-16-8-6-7-13(17(16)21)18(24)14-11-12(22)9-10-15(14)23-19(25)27-20(2,3)4/h6-11,18,24H,5H2,1-4H3,(H,23,25). The number of nitrogens with one attached hydrogen (secondary N) is 1. The van der Waals surface area contributed by atoms with Gasteiger partial charge in [0.2, 0.25) is 0 Å². The van der Waals surface area contributed by atoms with Crippen LogP contribution in [0, 0.1) is 0 Å². The number of hydrogen-bond donors (Lipinski definition) is 2. The zero-order valence-electron chi connectivity index (χ0n) is 15.7. The van der Waals surface area contributed by atoms with Gasteiger partial charge in [-0.25, -0.2) is 4.79 Å². The molecule has 0 fully saturated rings. The Hall–Kier alpha value is -1.76. The number of ether oxygens (including phenoxy) is 2. The second-order valence-electron chi connectivity index (χ2n) is 6.85. The average molecular weight is 457 g/mol. The second kappa shape index (κ2) is 8.95. The van der Waals surface area contributed by atoms with Crippen LogP contribution in [-0.2, 0) is 4.74 Å². The molecule has 1 unspecified atom stereocenters. The van der Waals surface area contributed by atoms with Gasteiger partial charge in [0.05, 0.1) is 16.8 Å². The molecule has 0 heterocycles. The highest BCUT2D eigenvalue weighted by Crippen LogP contribution is 2.38. The number of aliphatic hydroxyl groups excluding tert-OH is 1. The maximum absolute atomic E-state index is 12.2. The summed E-state index contributed by atoms with van der Waals surface area (Å²) >= 11 is 9.60. The van der Waals surface area contributed by atoms with Crippen LogP contribution in [0.25, 0.3) is 0 Å². The molecule has 1 atom stereocenters. The molecular formula is C20H23BrClNO4. The van der Waals surface area contributed by atoms with Gasteiger partial charge in [0.25, 0.3) is 0 Å². The Morgan fingerprint density at radius 3 is 2.59 bits per heavy atom. The lowest BCUT2D eigenvalue weighted by Crippen LogP contribution is -2.27. The van der Waals surface area contributed by atoms with Crippen molar-refractivity contribution in [1.82, 2.24) is 0 Å². The third-order valence-corrected chi connectivity index (χ3v) is 4.62. The van der Waals surface area contributed by atoms with Gasteiger partial charge in [0, 0.05) is 16.1 Å². The minimum atomic E-state index is -1.04. The van der Waals surface area contributed by atoms with Crippen LogP contribution >= 0.6 is 27.5 Å². The predicted molar refractivity (Wildman–Crippen MR) is 111 cm³/mol. The Bertz CT molecular complexity index is 820.